The zero-order valence-corrected chi connectivity index (χ0v) is 22.7. The van der Waals surface area contributed by atoms with Gasteiger partial charge in [0.1, 0.15) is 17.1 Å². The minimum Gasteiger partial charge on any atom is -0.453 e. The first kappa shape index (κ1) is 24.2. The summed E-state index contributed by atoms with van der Waals surface area (Å²) in [7, 11) is 0. The largest absolute Gasteiger partial charge is 0.453 e. The maximum Gasteiger partial charge on any atom is 0.320 e. The average Bonchev–Trinajstić information content (AvgIpc) is 3.32. The van der Waals surface area contributed by atoms with Gasteiger partial charge in [-0.25, -0.2) is 0 Å². The molecule has 2 saturated heterocycles. The average molecular weight is 485 g/mol. The fourth-order valence-corrected chi connectivity index (χ4v) is 10.0. The molecule has 0 bridgehead atoms. The topological polar surface area (TPSA) is 76.0 Å². The van der Waals surface area contributed by atoms with Crippen LogP contribution in [0.5, 0.6) is 0 Å². The number of hydrogen-bond donors (Lipinski definition) is 2. The molecule has 35 heavy (non-hydrogen) atoms. The maximum atomic E-state index is 14.0. The van der Waals surface area contributed by atoms with Crippen molar-refractivity contribution in [3.63, 3.8) is 0 Å². The molecule has 0 aromatic rings. The summed E-state index contributed by atoms with van der Waals surface area (Å²) in [5.74, 6) is 0.0975. The van der Waals surface area contributed by atoms with Gasteiger partial charge in [-0.3, -0.25) is 4.79 Å². The van der Waals surface area contributed by atoms with Gasteiger partial charge >= 0.3 is 5.97 Å². The number of allylic oxidation sites excluding steroid dienone is 3. The predicted molar refractivity (Wildman–Crippen MR) is 133 cm³/mol. The molecule has 2 saturated carbocycles. The van der Waals surface area contributed by atoms with Crippen LogP contribution in [0.15, 0.2) is 23.3 Å². The van der Waals surface area contributed by atoms with Gasteiger partial charge in [-0.05, 0) is 94.5 Å². The van der Waals surface area contributed by atoms with E-state index in [0.29, 0.717) is 12.3 Å². The molecule has 1 spiro atoms. The van der Waals surface area contributed by atoms with Crippen molar-refractivity contribution in [1.29, 1.82) is 0 Å². The van der Waals surface area contributed by atoms with Crippen LogP contribution in [-0.4, -0.2) is 45.2 Å². The van der Waals surface area contributed by atoms with Gasteiger partial charge in [-0.15, -0.1) is 0 Å². The Morgan fingerprint density at radius 3 is 2.31 bits per heavy atom. The van der Waals surface area contributed by atoms with Crippen LogP contribution in [0.2, 0.25) is 0 Å². The van der Waals surface area contributed by atoms with Crippen LogP contribution >= 0.6 is 0 Å². The van der Waals surface area contributed by atoms with Crippen molar-refractivity contribution in [1.82, 2.24) is 0 Å². The van der Waals surface area contributed by atoms with Gasteiger partial charge in [0.15, 0.2) is 5.60 Å². The van der Waals surface area contributed by atoms with Gasteiger partial charge in [-0.2, -0.15) is 0 Å². The van der Waals surface area contributed by atoms with Gasteiger partial charge in [0, 0.05) is 5.41 Å². The molecule has 4 aliphatic carbocycles. The third kappa shape index (κ3) is 2.50. The minimum atomic E-state index is -1.31. The van der Waals surface area contributed by atoms with E-state index in [1.54, 1.807) is 0 Å². The number of carbonyl (C=O) groups excluding carboxylic acids is 1. The summed E-state index contributed by atoms with van der Waals surface area (Å²) in [5, 5.41) is 23.4. The summed E-state index contributed by atoms with van der Waals surface area (Å²) < 4.78 is 12.7. The van der Waals surface area contributed by atoms with Crippen molar-refractivity contribution < 1.29 is 24.5 Å². The quantitative estimate of drug-likeness (QED) is 0.498. The Kier molecular flexibility index (Phi) is 4.58. The summed E-state index contributed by atoms with van der Waals surface area (Å²) in [6.07, 6.45) is 10.2. The highest BCUT2D eigenvalue weighted by atomic mass is 16.6. The second-order valence-corrected chi connectivity index (χ2v) is 14.5. The Hall–Kier alpha value is -1.17. The van der Waals surface area contributed by atoms with E-state index in [1.165, 1.54) is 11.1 Å². The SMILES string of the molecule is CC1(C)CC[C@@H](C2(C)OC(=O)[C@]34C=CC5=C(CCC6C(C)(C)[C@@H](O)CC[C@]56C)C3(C)CCC24O)O1. The van der Waals surface area contributed by atoms with E-state index in [9.17, 15) is 15.0 Å². The molecule has 6 rings (SSSR count). The highest BCUT2D eigenvalue weighted by Gasteiger charge is 2.83. The van der Waals surface area contributed by atoms with Crippen molar-refractivity contribution in [3.05, 3.63) is 23.3 Å². The van der Waals surface area contributed by atoms with Crippen molar-refractivity contribution in [2.75, 3.05) is 0 Å². The van der Waals surface area contributed by atoms with Gasteiger partial charge in [0.2, 0.25) is 0 Å². The Morgan fingerprint density at radius 2 is 1.66 bits per heavy atom. The molecule has 2 heterocycles. The van der Waals surface area contributed by atoms with E-state index < -0.39 is 22.0 Å². The number of aliphatic hydroxyl groups is 2. The van der Waals surface area contributed by atoms with Crippen molar-refractivity contribution >= 4 is 5.97 Å². The first-order valence-corrected chi connectivity index (χ1v) is 13.8. The number of cyclic esters (lactones) is 1. The molecule has 5 nitrogen and oxygen atoms in total. The van der Waals surface area contributed by atoms with E-state index in [-0.39, 0.29) is 34.6 Å². The fourth-order valence-electron chi connectivity index (χ4n) is 10.0. The van der Waals surface area contributed by atoms with Crippen LogP contribution < -0.4 is 0 Å². The lowest BCUT2D eigenvalue weighted by molar-refractivity contribution is -0.199. The van der Waals surface area contributed by atoms with E-state index in [1.807, 2.05) is 13.0 Å². The van der Waals surface area contributed by atoms with Gasteiger partial charge in [0.25, 0.3) is 0 Å². The molecular weight excluding hydrogens is 440 g/mol. The second-order valence-electron chi connectivity index (χ2n) is 14.5. The van der Waals surface area contributed by atoms with Crippen LogP contribution in [0.25, 0.3) is 0 Å². The zero-order chi connectivity index (χ0) is 25.4. The molecule has 0 aromatic carbocycles. The third-order valence-corrected chi connectivity index (χ3v) is 12.3. The molecule has 2 aliphatic heterocycles. The lowest BCUT2D eigenvalue weighted by atomic mass is 9.44. The summed E-state index contributed by atoms with van der Waals surface area (Å²) in [6.45, 7) is 15.1. The number of rotatable bonds is 1. The number of fused-ring (bicyclic) bond motifs is 3. The van der Waals surface area contributed by atoms with Crippen molar-refractivity contribution in [2.45, 2.75) is 129 Å². The minimum absolute atomic E-state index is 0.0391. The van der Waals surface area contributed by atoms with E-state index in [2.05, 4.69) is 47.6 Å². The number of aliphatic hydroxyl groups excluding tert-OH is 1. The second kappa shape index (κ2) is 6.63. The van der Waals surface area contributed by atoms with Crippen molar-refractivity contribution in [2.24, 2.45) is 27.6 Å². The highest BCUT2D eigenvalue weighted by Crippen LogP contribution is 2.75. The molecule has 8 atom stereocenters. The molecular formula is C30H44O5. The summed E-state index contributed by atoms with van der Waals surface area (Å²) in [6, 6.07) is 0. The Labute approximate surface area is 210 Å². The lowest BCUT2D eigenvalue weighted by Crippen LogP contribution is -2.63. The predicted octanol–water partition coefficient (Wildman–Crippen LogP) is 5.24. The molecule has 2 N–H and O–H groups in total. The zero-order valence-electron chi connectivity index (χ0n) is 22.7. The van der Waals surface area contributed by atoms with E-state index >= 15 is 0 Å². The molecule has 0 aromatic heterocycles. The fraction of sp³-hybridized carbons (Fsp3) is 0.833. The Bertz CT molecular complexity index is 1050. The molecule has 6 aliphatic rings. The van der Waals surface area contributed by atoms with Crippen LogP contribution in [0.3, 0.4) is 0 Å². The highest BCUT2D eigenvalue weighted by molar-refractivity contribution is 5.88. The molecule has 0 amide bonds. The Balaban J connectivity index is 1.46. The summed E-state index contributed by atoms with van der Waals surface area (Å²) >= 11 is 0. The summed E-state index contributed by atoms with van der Waals surface area (Å²) in [4.78, 5) is 14.0. The molecule has 0 radical (unpaired) electrons. The first-order valence-electron chi connectivity index (χ1n) is 13.8. The van der Waals surface area contributed by atoms with Crippen LogP contribution in [0.1, 0.15) is 99.8 Å². The van der Waals surface area contributed by atoms with E-state index in [0.717, 1.165) is 44.9 Å². The van der Waals surface area contributed by atoms with Crippen LogP contribution in [-0.2, 0) is 14.3 Å². The van der Waals surface area contributed by atoms with Crippen LogP contribution in [0.4, 0.5) is 0 Å². The first-order chi connectivity index (χ1) is 16.1. The lowest BCUT2D eigenvalue weighted by Gasteiger charge is -2.60. The Morgan fingerprint density at radius 1 is 0.943 bits per heavy atom. The van der Waals surface area contributed by atoms with E-state index in [4.69, 9.17) is 9.47 Å². The van der Waals surface area contributed by atoms with Crippen LogP contribution in [0, 0.1) is 27.6 Å². The van der Waals surface area contributed by atoms with Crippen molar-refractivity contribution in [3.8, 4) is 0 Å². The standard InChI is InChI=1S/C30H44O5/c1-24(2)13-12-22(34-24)28(7)30(33)17-16-27(6)19-8-9-20-25(3,4)21(31)11-14-26(20,5)18(19)10-15-29(27,30)23(32)35-28/h10,15,20-22,31,33H,8-9,11-14,16-17H2,1-7H3/t20?,21-,22-,26+,27?,28?,29+,30?/m0/s1. The number of esters is 1. The number of ether oxygens (including phenoxy) is 2. The monoisotopic (exact) mass is 484 g/mol. The van der Waals surface area contributed by atoms with Gasteiger partial charge in [-0.1, -0.05) is 45.4 Å². The third-order valence-electron chi connectivity index (χ3n) is 12.3. The van der Waals surface area contributed by atoms with Gasteiger partial charge < -0.3 is 19.7 Å². The smallest absolute Gasteiger partial charge is 0.320 e. The summed E-state index contributed by atoms with van der Waals surface area (Å²) in [5.41, 5.74) is -1.73. The van der Waals surface area contributed by atoms with Gasteiger partial charge in [0.05, 0.1) is 11.7 Å². The maximum absolute atomic E-state index is 14.0. The molecule has 4 fully saturated rings. The molecule has 194 valence electrons. The number of hydrogen-bond acceptors (Lipinski definition) is 5. The number of carbonyl (C=O) groups is 1. The molecule has 4 unspecified atom stereocenters. The molecule has 5 heteroatoms. The normalized spacial score (nSPS) is 53.6.